The van der Waals surface area contributed by atoms with E-state index in [1.54, 1.807) is 41.3 Å². The van der Waals surface area contributed by atoms with Crippen molar-refractivity contribution in [1.82, 2.24) is 5.32 Å². The average Bonchev–Trinajstić information content (AvgIpc) is 3.63. The summed E-state index contributed by atoms with van der Waals surface area (Å²) in [6, 6.07) is 21.2. The van der Waals surface area contributed by atoms with Crippen LogP contribution in [0.25, 0.3) is 0 Å². The topological polar surface area (TPSA) is 95.6 Å². The first-order valence-corrected chi connectivity index (χ1v) is 13.3. The molecule has 0 aromatic heterocycles. The van der Waals surface area contributed by atoms with Crippen molar-refractivity contribution in [2.24, 2.45) is 5.92 Å². The predicted octanol–water partition coefficient (Wildman–Crippen LogP) is 3.76. The molecule has 3 aromatic rings. The second kappa shape index (κ2) is 9.54. The Bertz CT molecular complexity index is 1370. The summed E-state index contributed by atoms with van der Waals surface area (Å²) in [7, 11) is -3.93. The van der Waals surface area contributed by atoms with Gasteiger partial charge in [0.15, 0.2) is 0 Å². The van der Waals surface area contributed by atoms with E-state index in [0.717, 1.165) is 29.7 Å². The highest BCUT2D eigenvalue weighted by molar-refractivity contribution is 7.92. The molecule has 0 saturated heterocycles. The molecule has 180 valence electrons. The Balaban J connectivity index is 1.29. The molecule has 1 fully saturated rings. The van der Waals surface area contributed by atoms with E-state index in [9.17, 15) is 18.0 Å². The molecule has 0 atom stereocenters. The van der Waals surface area contributed by atoms with Gasteiger partial charge in [-0.15, -0.1) is 0 Å². The Morgan fingerprint density at radius 1 is 0.943 bits per heavy atom. The van der Waals surface area contributed by atoms with E-state index in [0.29, 0.717) is 25.9 Å². The molecule has 2 amide bonds. The number of nitrogens with zero attached hydrogens (tertiary/aromatic N) is 1. The number of hydrogen-bond donors (Lipinski definition) is 2. The normalized spacial score (nSPS) is 14.9. The van der Waals surface area contributed by atoms with Crippen molar-refractivity contribution in [1.29, 1.82) is 0 Å². The number of fused-ring (bicyclic) bond motifs is 1. The molecular formula is C27H27N3O4S. The maximum absolute atomic E-state index is 13.2. The molecular weight excluding hydrogens is 462 g/mol. The van der Waals surface area contributed by atoms with E-state index in [4.69, 9.17) is 0 Å². The van der Waals surface area contributed by atoms with Crippen LogP contribution in [0.5, 0.6) is 0 Å². The Morgan fingerprint density at radius 3 is 2.46 bits per heavy atom. The first-order valence-electron chi connectivity index (χ1n) is 11.8. The number of anilines is 2. The molecule has 3 aromatic carbocycles. The van der Waals surface area contributed by atoms with Gasteiger partial charge in [-0.05, 0) is 67.1 Å². The monoisotopic (exact) mass is 489 g/mol. The standard InChI is InChI=1S/C27H27N3O4S/c31-26(28-16-14-19-6-2-1-3-7-19)23-8-4-5-9-24(23)29-35(33,34)22-12-13-25-21(18-22)15-17-30(25)27(32)20-10-11-20/h1-9,12-13,18,20,29H,10-11,14-17H2,(H,28,31). The van der Waals surface area contributed by atoms with Gasteiger partial charge in [0.1, 0.15) is 0 Å². The zero-order valence-electron chi connectivity index (χ0n) is 19.2. The first kappa shape index (κ1) is 23.1. The molecule has 0 unspecified atom stereocenters. The highest BCUT2D eigenvalue weighted by Gasteiger charge is 2.36. The molecule has 1 aliphatic carbocycles. The smallest absolute Gasteiger partial charge is 0.261 e. The molecule has 0 spiro atoms. The number of rotatable bonds is 8. The first-order chi connectivity index (χ1) is 16.9. The quantitative estimate of drug-likeness (QED) is 0.504. The molecule has 2 N–H and O–H groups in total. The zero-order valence-corrected chi connectivity index (χ0v) is 20.1. The van der Waals surface area contributed by atoms with Crippen LogP contribution in [-0.4, -0.2) is 33.3 Å². The molecule has 0 radical (unpaired) electrons. The third kappa shape index (κ3) is 5.07. The van der Waals surface area contributed by atoms with Crippen molar-refractivity contribution < 1.29 is 18.0 Å². The van der Waals surface area contributed by atoms with Crippen molar-refractivity contribution in [3.8, 4) is 0 Å². The van der Waals surface area contributed by atoms with Crippen LogP contribution in [0.3, 0.4) is 0 Å². The summed E-state index contributed by atoms with van der Waals surface area (Å²) in [6.45, 7) is 1.01. The SMILES string of the molecule is O=C(NCCc1ccccc1)c1ccccc1NS(=O)(=O)c1ccc2c(c1)CCN2C(=O)C1CC1. The Labute approximate surface area is 205 Å². The van der Waals surface area contributed by atoms with Gasteiger partial charge in [-0.1, -0.05) is 42.5 Å². The summed E-state index contributed by atoms with van der Waals surface area (Å²) in [4.78, 5) is 27.2. The molecule has 5 rings (SSSR count). The predicted molar refractivity (Wildman–Crippen MR) is 135 cm³/mol. The van der Waals surface area contributed by atoms with Crippen molar-refractivity contribution in [2.45, 2.75) is 30.6 Å². The van der Waals surface area contributed by atoms with E-state index in [2.05, 4.69) is 10.0 Å². The van der Waals surface area contributed by atoms with Crippen molar-refractivity contribution in [3.63, 3.8) is 0 Å². The summed E-state index contributed by atoms with van der Waals surface area (Å²) in [5, 5.41) is 2.87. The van der Waals surface area contributed by atoms with Crippen LogP contribution in [0.1, 0.15) is 34.3 Å². The number of nitrogens with one attached hydrogen (secondary N) is 2. The second-order valence-electron chi connectivity index (χ2n) is 8.95. The van der Waals surface area contributed by atoms with Gasteiger partial charge in [0.25, 0.3) is 15.9 Å². The molecule has 1 aliphatic heterocycles. The van der Waals surface area contributed by atoms with Gasteiger partial charge in [-0.3, -0.25) is 14.3 Å². The Morgan fingerprint density at radius 2 is 1.69 bits per heavy atom. The van der Waals surface area contributed by atoms with Crippen LogP contribution >= 0.6 is 0 Å². The lowest BCUT2D eigenvalue weighted by molar-refractivity contribution is -0.119. The lowest BCUT2D eigenvalue weighted by Gasteiger charge is -2.17. The lowest BCUT2D eigenvalue weighted by Crippen LogP contribution is -2.30. The summed E-state index contributed by atoms with van der Waals surface area (Å²) in [5.74, 6) is -0.103. The third-order valence-corrected chi connectivity index (χ3v) is 7.77. The number of hydrogen-bond acceptors (Lipinski definition) is 4. The van der Waals surface area contributed by atoms with Crippen LogP contribution in [-0.2, 0) is 27.7 Å². The van der Waals surface area contributed by atoms with E-state index in [1.807, 2.05) is 30.3 Å². The fourth-order valence-corrected chi connectivity index (χ4v) is 5.49. The molecule has 7 nitrogen and oxygen atoms in total. The molecule has 1 heterocycles. The lowest BCUT2D eigenvalue weighted by atomic mass is 10.1. The van der Waals surface area contributed by atoms with Gasteiger partial charge in [-0.2, -0.15) is 0 Å². The highest BCUT2D eigenvalue weighted by atomic mass is 32.2. The summed E-state index contributed by atoms with van der Waals surface area (Å²) in [6.07, 6.45) is 3.16. The van der Waals surface area contributed by atoms with Gasteiger partial charge >= 0.3 is 0 Å². The molecule has 35 heavy (non-hydrogen) atoms. The van der Waals surface area contributed by atoms with Crippen molar-refractivity contribution in [2.75, 3.05) is 22.7 Å². The van der Waals surface area contributed by atoms with Crippen LogP contribution < -0.4 is 14.9 Å². The molecule has 0 bridgehead atoms. The number of amides is 2. The molecule has 8 heteroatoms. The van der Waals surface area contributed by atoms with E-state index in [-0.39, 0.29) is 33.9 Å². The Hall–Kier alpha value is -3.65. The highest BCUT2D eigenvalue weighted by Crippen LogP contribution is 2.37. The van der Waals surface area contributed by atoms with E-state index < -0.39 is 10.0 Å². The number of sulfonamides is 1. The van der Waals surface area contributed by atoms with Gasteiger partial charge in [-0.25, -0.2) is 8.42 Å². The van der Waals surface area contributed by atoms with Gasteiger partial charge in [0.05, 0.1) is 16.1 Å². The Kier molecular flexibility index (Phi) is 6.30. The summed E-state index contributed by atoms with van der Waals surface area (Å²) < 4.78 is 28.9. The van der Waals surface area contributed by atoms with E-state index >= 15 is 0 Å². The fourth-order valence-electron chi connectivity index (χ4n) is 4.36. The second-order valence-corrected chi connectivity index (χ2v) is 10.6. The zero-order chi connectivity index (χ0) is 24.4. The third-order valence-electron chi connectivity index (χ3n) is 6.41. The minimum absolute atomic E-state index is 0.108. The minimum Gasteiger partial charge on any atom is -0.352 e. The largest absolute Gasteiger partial charge is 0.352 e. The number of para-hydroxylation sites is 1. The summed E-state index contributed by atoms with van der Waals surface area (Å²) in [5.41, 5.74) is 3.21. The fraction of sp³-hybridized carbons (Fsp3) is 0.259. The van der Waals surface area contributed by atoms with Crippen LogP contribution in [0.2, 0.25) is 0 Å². The van der Waals surface area contributed by atoms with E-state index in [1.165, 1.54) is 6.07 Å². The van der Waals surface area contributed by atoms with Crippen LogP contribution in [0, 0.1) is 5.92 Å². The number of benzene rings is 3. The van der Waals surface area contributed by atoms with Crippen molar-refractivity contribution >= 4 is 33.2 Å². The molecule has 1 saturated carbocycles. The number of carbonyl (C=O) groups excluding carboxylic acids is 2. The van der Waals surface area contributed by atoms with Gasteiger partial charge in [0.2, 0.25) is 5.91 Å². The van der Waals surface area contributed by atoms with Crippen LogP contribution in [0.15, 0.2) is 77.7 Å². The molecule has 2 aliphatic rings. The van der Waals surface area contributed by atoms with Crippen LogP contribution in [0.4, 0.5) is 11.4 Å². The maximum atomic E-state index is 13.2. The van der Waals surface area contributed by atoms with Crippen molar-refractivity contribution in [3.05, 3.63) is 89.5 Å². The van der Waals surface area contributed by atoms with Gasteiger partial charge < -0.3 is 10.2 Å². The van der Waals surface area contributed by atoms with Gasteiger partial charge in [0, 0.05) is 24.7 Å². The number of carbonyl (C=O) groups is 2. The minimum atomic E-state index is -3.93. The maximum Gasteiger partial charge on any atom is 0.261 e. The summed E-state index contributed by atoms with van der Waals surface area (Å²) >= 11 is 0. The average molecular weight is 490 g/mol.